The lowest BCUT2D eigenvalue weighted by molar-refractivity contribution is -0.117. The van der Waals surface area contributed by atoms with E-state index in [-0.39, 0.29) is 17.8 Å². The van der Waals surface area contributed by atoms with E-state index in [0.29, 0.717) is 6.42 Å². The Kier molecular flexibility index (Phi) is 7.29. The van der Waals surface area contributed by atoms with Gasteiger partial charge in [0.25, 0.3) is 0 Å². The largest absolute Gasteiger partial charge is 0.489 e. The second-order valence-corrected chi connectivity index (χ2v) is 8.45. The lowest BCUT2D eigenvalue weighted by atomic mass is 9.96. The Labute approximate surface area is 180 Å². The summed E-state index contributed by atoms with van der Waals surface area (Å²) in [4.78, 5) is 25.1. The molecule has 2 atom stereocenters. The van der Waals surface area contributed by atoms with E-state index >= 15 is 0 Å². The number of hydrogen-bond donors (Lipinski definition) is 0. The van der Waals surface area contributed by atoms with Gasteiger partial charge in [0.1, 0.15) is 23.5 Å². The summed E-state index contributed by atoms with van der Waals surface area (Å²) in [5, 5.41) is 0. The number of ether oxygens (including phenoxy) is 1. The van der Waals surface area contributed by atoms with E-state index in [0.717, 1.165) is 55.6 Å². The maximum absolute atomic E-state index is 11.3. The average molecular weight is 411 g/mol. The van der Waals surface area contributed by atoms with Gasteiger partial charge in [-0.2, -0.15) is 4.98 Å². The minimum atomic E-state index is 0.136. The van der Waals surface area contributed by atoms with Gasteiger partial charge in [0.2, 0.25) is 5.95 Å². The molecule has 0 spiro atoms. The molecule has 2 heterocycles. The molecule has 1 aromatic carbocycles. The molecule has 1 aliphatic heterocycles. The summed E-state index contributed by atoms with van der Waals surface area (Å²) in [6, 6.07) is 8.17. The molecule has 2 aromatic rings. The molecule has 0 saturated carbocycles. The van der Waals surface area contributed by atoms with Gasteiger partial charge in [-0.05, 0) is 43.9 Å². The van der Waals surface area contributed by atoms with Gasteiger partial charge in [0.15, 0.2) is 0 Å². The van der Waals surface area contributed by atoms with Gasteiger partial charge >= 0.3 is 0 Å². The van der Waals surface area contributed by atoms with E-state index < -0.39 is 0 Å². The van der Waals surface area contributed by atoms with E-state index in [9.17, 15) is 4.79 Å². The van der Waals surface area contributed by atoms with Crippen molar-refractivity contribution in [2.75, 3.05) is 36.5 Å². The Morgan fingerprint density at radius 3 is 2.73 bits per heavy atom. The van der Waals surface area contributed by atoms with Crippen molar-refractivity contribution in [3.63, 3.8) is 0 Å². The Hall–Kier alpha value is -2.63. The number of rotatable bonds is 9. The van der Waals surface area contributed by atoms with Gasteiger partial charge < -0.3 is 19.3 Å². The molecule has 0 bridgehead atoms. The highest BCUT2D eigenvalue weighted by Crippen LogP contribution is 2.27. The fourth-order valence-electron chi connectivity index (χ4n) is 4.00. The van der Waals surface area contributed by atoms with Crippen LogP contribution in [-0.2, 0) is 4.79 Å². The van der Waals surface area contributed by atoms with Gasteiger partial charge in [-0.3, -0.25) is 0 Å². The first-order valence-electron chi connectivity index (χ1n) is 10.9. The first kappa shape index (κ1) is 22.1. The molecule has 3 rings (SSSR count). The Bertz CT molecular complexity index is 853. The minimum absolute atomic E-state index is 0.136. The highest BCUT2D eigenvalue weighted by Gasteiger charge is 2.27. The molecule has 0 N–H and O–H groups in total. The van der Waals surface area contributed by atoms with Gasteiger partial charge in [0, 0.05) is 44.7 Å². The average Bonchev–Trinajstić information content (AvgIpc) is 3.16. The quantitative estimate of drug-likeness (QED) is 0.612. The second kappa shape index (κ2) is 9.92. The van der Waals surface area contributed by atoms with E-state index in [1.807, 2.05) is 25.4 Å². The van der Waals surface area contributed by atoms with Gasteiger partial charge in [-0.25, -0.2) is 4.98 Å². The van der Waals surface area contributed by atoms with Gasteiger partial charge in [-0.15, -0.1) is 0 Å². The summed E-state index contributed by atoms with van der Waals surface area (Å²) < 4.78 is 6.24. The summed E-state index contributed by atoms with van der Waals surface area (Å²) >= 11 is 0. The summed E-state index contributed by atoms with van der Waals surface area (Å²) in [5.41, 5.74) is 2.26. The van der Waals surface area contributed by atoms with Crippen LogP contribution in [-0.4, -0.2) is 48.5 Å². The molecule has 0 aliphatic carbocycles. The second-order valence-electron chi connectivity index (χ2n) is 8.45. The van der Waals surface area contributed by atoms with Crippen molar-refractivity contribution < 1.29 is 9.53 Å². The highest BCUT2D eigenvalue weighted by atomic mass is 16.5. The number of anilines is 2. The fraction of sp³-hybridized carbons (Fsp3) is 0.542. The standard InChI is InChI=1S/C24H34N4O2/c1-6-12-27(5)24-25-15-18(3)23(26-24)28-13-11-22(16-28)30-21-9-7-20(8-10-21)17(2)14-19(4)29/h7-10,15,17,22H,6,11-14,16H2,1-5H3/t17-,22-/m1/s1. The van der Waals surface area contributed by atoms with Crippen LogP contribution in [0.5, 0.6) is 5.75 Å². The molecule has 162 valence electrons. The normalized spacial score (nSPS) is 17.1. The lowest BCUT2D eigenvalue weighted by Gasteiger charge is -2.23. The number of aromatic nitrogens is 2. The van der Waals surface area contributed by atoms with Gasteiger partial charge in [0.05, 0.1) is 6.54 Å². The molecule has 1 fully saturated rings. The number of aryl methyl sites for hydroxylation is 1. The molecular formula is C24H34N4O2. The van der Waals surface area contributed by atoms with E-state index in [4.69, 9.17) is 9.72 Å². The van der Waals surface area contributed by atoms with Crippen molar-refractivity contribution >= 4 is 17.5 Å². The molecule has 0 radical (unpaired) electrons. The van der Waals surface area contributed by atoms with Crippen LogP contribution < -0.4 is 14.5 Å². The zero-order chi connectivity index (χ0) is 21.7. The number of nitrogens with zero attached hydrogens (tertiary/aromatic N) is 4. The maximum Gasteiger partial charge on any atom is 0.227 e. The number of ketones is 1. The van der Waals surface area contributed by atoms with E-state index in [1.54, 1.807) is 6.92 Å². The number of carbonyl (C=O) groups excluding carboxylic acids is 1. The minimum Gasteiger partial charge on any atom is -0.489 e. The smallest absolute Gasteiger partial charge is 0.227 e. The molecule has 0 amide bonds. The summed E-state index contributed by atoms with van der Waals surface area (Å²) in [5.74, 6) is 3.11. The molecule has 1 aliphatic rings. The number of Topliss-reactive ketones (excluding diaryl/α,β-unsaturated/α-hetero) is 1. The first-order chi connectivity index (χ1) is 14.4. The van der Waals surface area contributed by atoms with Crippen LogP contribution in [0.2, 0.25) is 0 Å². The third-order valence-corrected chi connectivity index (χ3v) is 5.62. The monoisotopic (exact) mass is 410 g/mol. The van der Waals surface area contributed by atoms with E-state index in [1.165, 1.54) is 5.56 Å². The van der Waals surface area contributed by atoms with Crippen LogP contribution in [0.4, 0.5) is 11.8 Å². The first-order valence-corrected chi connectivity index (χ1v) is 10.9. The van der Waals surface area contributed by atoms with Crippen LogP contribution in [0.25, 0.3) is 0 Å². The fourth-order valence-corrected chi connectivity index (χ4v) is 4.00. The molecule has 6 heteroatoms. The van der Waals surface area contributed by atoms with Crippen LogP contribution in [0.15, 0.2) is 30.5 Å². The van der Waals surface area contributed by atoms with E-state index in [2.05, 4.69) is 47.7 Å². The van der Waals surface area contributed by atoms with Crippen molar-refractivity contribution in [3.8, 4) is 5.75 Å². The zero-order valence-electron chi connectivity index (χ0n) is 18.9. The Morgan fingerprint density at radius 2 is 2.07 bits per heavy atom. The lowest BCUT2D eigenvalue weighted by Crippen LogP contribution is -2.27. The molecule has 30 heavy (non-hydrogen) atoms. The van der Waals surface area contributed by atoms with Crippen molar-refractivity contribution in [3.05, 3.63) is 41.6 Å². The van der Waals surface area contributed by atoms with Crippen LogP contribution >= 0.6 is 0 Å². The topological polar surface area (TPSA) is 58.6 Å². The maximum atomic E-state index is 11.3. The molecular weight excluding hydrogens is 376 g/mol. The van der Waals surface area contributed by atoms with Crippen LogP contribution in [0.1, 0.15) is 57.1 Å². The van der Waals surface area contributed by atoms with Crippen LogP contribution in [0, 0.1) is 6.92 Å². The molecule has 0 unspecified atom stereocenters. The van der Waals surface area contributed by atoms with Crippen molar-refractivity contribution in [2.45, 2.75) is 59.0 Å². The molecule has 1 aromatic heterocycles. The third kappa shape index (κ3) is 5.49. The summed E-state index contributed by atoms with van der Waals surface area (Å²) in [6.07, 6.45) is 4.66. The predicted octanol–water partition coefficient (Wildman–Crippen LogP) is 4.37. The van der Waals surface area contributed by atoms with Crippen molar-refractivity contribution in [1.29, 1.82) is 0 Å². The number of carbonyl (C=O) groups is 1. The third-order valence-electron chi connectivity index (χ3n) is 5.62. The van der Waals surface area contributed by atoms with Crippen molar-refractivity contribution in [1.82, 2.24) is 9.97 Å². The highest BCUT2D eigenvalue weighted by molar-refractivity contribution is 5.76. The van der Waals surface area contributed by atoms with Crippen LogP contribution in [0.3, 0.4) is 0 Å². The zero-order valence-corrected chi connectivity index (χ0v) is 18.9. The SMILES string of the molecule is CCCN(C)c1ncc(C)c(N2CC[C@@H](Oc3ccc([C@H](C)CC(C)=O)cc3)C2)n1. The Balaban J connectivity index is 1.62. The van der Waals surface area contributed by atoms with Gasteiger partial charge in [-0.1, -0.05) is 26.0 Å². The number of hydrogen-bond acceptors (Lipinski definition) is 6. The molecule has 6 nitrogen and oxygen atoms in total. The number of benzene rings is 1. The van der Waals surface area contributed by atoms with Crippen molar-refractivity contribution in [2.24, 2.45) is 0 Å². The predicted molar refractivity (Wildman–Crippen MR) is 122 cm³/mol. The molecule has 1 saturated heterocycles. The Morgan fingerprint density at radius 1 is 1.33 bits per heavy atom. The summed E-state index contributed by atoms with van der Waals surface area (Å²) in [6.45, 7) is 10.6. The summed E-state index contributed by atoms with van der Waals surface area (Å²) in [7, 11) is 2.04.